The van der Waals surface area contributed by atoms with Gasteiger partial charge in [-0.1, -0.05) is 36.4 Å². The second-order valence-corrected chi connectivity index (χ2v) is 30.9. The van der Waals surface area contributed by atoms with E-state index >= 15 is 0 Å². The molecule has 11 rings (SSSR count). The van der Waals surface area contributed by atoms with E-state index in [9.17, 15) is 106 Å². The van der Waals surface area contributed by atoms with E-state index in [0.717, 1.165) is 78.9 Å². The summed E-state index contributed by atoms with van der Waals surface area (Å²) >= 11 is 12.5. The van der Waals surface area contributed by atoms with Crippen LogP contribution in [0.4, 0.5) is 69.3 Å². The van der Waals surface area contributed by atoms with Crippen LogP contribution in [0.1, 0.15) is 0 Å². The van der Waals surface area contributed by atoms with Crippen molar-refractivity contribution in [3.8, 4) is 11.5 Å². The van der Waals surface area contributed by atoms with Gasteiger partial charge in [0.1, 0.15) is 93.6 Å². The van der Waals surface area contributed by atoms with Gasteiger partial charge in [0.2, 0.25) is 34.4 Å². The van der Waals surface area contributed by atoms with Crippen LogP contribution in [0.25, 0.3) is 43.1 Å². The fourth-order valence-corrected chi connectivity index (χ4v) is 15.8. The summed E-state index contributed by atoms with van der Waals surface area (Å²) in [4.78, 5) is 15.6. The number of azo groups is 2. The molecule has 58 heteroatoms. The summed E-state index contributed by atoms with van der Waals surface area (Å²) in [7, 11) is -38.9. The van der Waals surface area contributed by atoms with Crippen molar-refractivity contribution >= 4 is 218 Å². The Morgan fingerprint density at radius 3 is 1.05 bits per heavy atom. The zero-order chi connectivity index (χ0) is 74.1. The monoisotopic (exact) mass is 1900 g/mol. The Morgan fingerprint density at radius 1 is 0.364 bits per heavy atom. The molecule has 0 aliphatic carbocycles. The average molecular weight is 1900 g/mol. The Morgan fingerprint density at radius 2 is 0.700 bits per heavy atom. The van der Waals surface area contributed by atoms with Crippen LogP contribution >= 0.6 is 35.2 Å². The fourth-order valence-electron chi connectivity index (χ4n) is 9.98. The van der Waals surface area contributed by atoms with Crippen LogP contribution in [-0.4, -0.2) is 131 Å². The number of phenols is 2. The van der Waals surface area contributed by atoms with Gasteiger partial charge in [-0.15, -0.1) is 20.5 Å². The van der Waals surface area contributed by atoms with Crippen molar-refractivity contribution in [1.29, 1.82) is 0 Å². The molecule has 0 radical (unpaired) electrons. The number of halogens is 2. The minimum atomic E-state index is -5.91. The first-order valence-electron chi connectivity index (χ1n) is 26.5. The van der Waals surface area contributed by atoms with Crippen LogP contribution in [0, 0.1) is 0 Å². The first-order chi connectivity index (χ1) is 47.6. The zero-order valence-electron chi connectivity index (χ0n) is 56.7. The van der Waals surface area contributed by atoms with Gasteiger partial charge in [0.25, 0.3) is 0 Å². The number of phenolic OH excluding ortho intramolecular Hbond substituents is 2. The third-order valence-electron chi connectivity index (χ3n) is 13.9. The van der Waals surface area contributed by atoms with E-state index < -0.39 is 215 Å². The van der Waals surface area contributed by atoms with Gasteiger partial charge in [0, 0.05) is 43.7 Å². The number of fused-ring (bicyclic) bond motifs is 4. The quantitative estimate of drug-likeness (QED) is 0.00916. The van der Waals surface area contributed by atoms with Crippen molar-refractivity contribution in [3.63, 3.8) is 0 Å². The van der Waals surface area contributed by atoms with Crippen molar-refractivity contribution in [2.75, 3.05) is 21.3 Å². The van der Waals surface area contributed by atoms with Crippen LogP contribution in [0.2, 0.25) is 10.6 Å². The summed E-state index contributed by atoms with van der Waals surface area (Å²) < 4.78 is 266. The maximum Gasteiger partial charge on any atom is 1.00 e. The van der Waals surface area contributed by atoms with Crippen LogP contribution in [0.3, 0.4) is 0 Å². The molecule has 0 atom stereocenters. The smallest absolute Gasteiger partial charge is 0.744 e. The molecule has 2 aromatic heterocycles. The zero-order valence-corrected chi connectivity index (χ0v) is 89.8. The molecule has 40 nitrogen and oxygen atoms in total. The minimum Gasteiger partial charge on any atom is -0.744 e. The summed E-state index contributed by atoms with van der Waals surface area (Å²) in [5.74, 6) is -4.25. The number of hydrogen-bond acceptors (Lipinski definition) is 41. The van der Waals surface area contributed by atoms with Crippen molar-refractivity contribution in [1.82, 2.24) is 29.9 Å². The fraction of sp³-hybridized carbons (Fsp3) is 0. The van der Waals surface area contributed by atoms with E-state index in [-0.39, 0.29) is 452 Å². The van der Waals surface area contributed by atoms with E-state index in [2.05, 4.69) is 81.0 Å². The van der Waals surface area contributed by atoms with E-state index in [4.69, 9.17) is 23.2 Å². The number of hydrogen-bond donors (Lipinski definition) is 6. The molecule has 9 aromatic carbocycles. The van der Waals surface area contributed by atoms with E-state index in [1.807, 2.05) is 0 Å². The Labute approximate surface area is 975 Å². The molecule has 110 heavy (non-hydrogen) atoms. The van der Waals surface area contributed by atoms with E-state index in [1.165, 1.54) is 24.3 Å². The molecule has 6 N–H and O–H groups in total. The predicted molar refractivity (Wildman–Crippen MR) is 340 cm³/mol. The van der Waals surface area contributed by atoms with Crippen LogP contribution in [-0.2, 0) is 80.2 Å². The first-order valence-corrected chi connectivity index (χ1v) is 37.9. The van der Waals surface area contributed by atoms with Crippen molar-refractivity contribution < 1.29 is 527 Å². The molecule has 0 saturated carbocycles. The van der Waals surface area contributed by atoms with Gasteiger partial charge in [-0.25, -0.2) is 58.9 Å². The van der Waals surface area contributed by atoms with Crippen LogP contribution in [0.15, 0.2) is 181 Å². The summed E-state index contributed by atoms with van der Waals surface area (Å²) in [6.07, 6.45) is 0. The summed E-state index contributed by atoms with van der Waals surface area (Å²) in [5, 5.41) is 57.3. The second kappa shape index (κ2) is 43.8. The topological polar surface area (TPSA) is 657 Å². The van der Waals surface area contributed by atoms with Gasteiger partial charge in [0.15, 0.2) is 11.5 Å². The first kappa shape index (κ1) is 107. The maximum atomic E-state index is 12.8. The number of benzene rings is 9. The molecule has 0 aliphatic heterocycles. The van der Waals surface area contributed by atoms with Crippen molar-refractivity contribution in [3.05, 3.63) is 132 Å². The maximum absolute atomic E-state index is 12.8. The molecule has 0 spiro atoms. The minimum absolute atomic E-state index is 0. The van der Waals surface area contributed by atoms with E-state index in [0.29, 0.717) is 18.2 Å². The molecular weight excluding hydrogens is 1880 g/mol. The standard InChI is InChI=1S/C52H34Cl2N14O26S8.8K/c53-47-59-49(63-51(61-47)57-29-15-17-36(98(78,79)80)27-19-33(95-94-93-71)41(43(69)39(27)29)67-65-31-13-11-23-25(45(31)101(87,88)89)3-1-5-34(23)96(72,73)74)55-21-7-9-22(10-8-21)56-50-60-48(54)62-52(64-50)58-30-16-18-37(99(81,82)83)28-20-38(100(84,85)86)42(44(70)40(28)30)68-66-32-14-12-24-26(46(32)102(90,91)92)4-2-6-35(24)97(75,76)77;;;;;;;;/h1-20,69-71H,(H,72,73,74)(H,75,76,77)(H,78,79,80)(H,81,82,83)(H,84,85,86)(H,87,88,89)(H,90,91,92)(H2,55,57,59,61,63)(H2,56,58,60,62,64);;;;;;;;/q;8*+1/p-8. The number of aromatic nitrogens is 6. The molecule has 0 saturated heterocycles. The number of nitrogens with one attached hydrogen (secondary N) is 4. The van der Waals surface area contributed by atoms with Crippen LogP contribution in [0.5, 0.6) is 11.5 Å². The SMILES string of the molecule is O=S(=O)([O-])c1cc2c(S(=O)(=O)[O-])ccc(Nc3nc(Cl)nc(Nc4ccc(Nc5nc(Cl)nc(Nc6ccc(S(=O)(=O)[O-])c7cc(SOO[O-])c(N=Nc8ccc9c(S(=O)(=O)[O-])cccc9c8S(=O)(=O)[O-])c(O)c67)n5)cc4)n3)c2c(O)c1N=Nc1ccc2c(S(=O)(=O)[O-])cccc2c1S(=O)(=O)[O-].[K+].[K+].[K+].[K+].[K+].[K+].[K+].[K+]. The summed E-state index contributed by atoms with van der Waals surface area (Å²) in [6, 6.07) is 18.5. The van der Waals surface area contributed by atoms with Gasteiger partial charge >= 0.3 is 411 Å². The van der Waals surface area contributed by atoms with Gasteiger partial charge < -0.3 is 68.6 Å². The normalized spacial score (nSPS) is 11.9. The Kier molecular flexibility index (Phi) is 42.8. The average Bonchev–Trinajstić information content (AvgIpc) is 0.753. The molecule has 0 unspecified atom stereocenters. The molecule has 11 aromatic rings. The molecule has 2 heterocycles. The molecule has 0 aliphatic rings. The molecule has 0 amide bonds. The Bertz CT molecular complexity index is 6400. The Hall–Kier alpha value is 3.31. The molecule has 530 valence electrons. The predicted octanol–water partition coefficient (Wildman–Crippen LogP) is -17.2. The third-order valence-corrected chi connectivity index (χ3v) is 21.1. The van der Waals surface area contributed by atoms with Crippen molar-refractivity contribution in [2.24, 2.45) is 20.5 Å². The number of nitrogens with zero attached hydrogens (tertiary/aromatic N) is 10. The van der Waals surface area contributed by atoms with Crippen LogP contribution < -0.4 is 438 Å². The van der Waals surface area contributed by atoms with Gasteiger partial charge in [-0.3, -0.25) is 5.04 Å². The van der Waals surface area contributed by atoms with Gasteiger partial charge in [-0.2, -0.15) is 34.2 Å². The summed E-state index contributed by atoms with van der Waals surface area (Å²) in [6.45, 7) is 0. The third kappa shape index (κ3) is 25.8. The number of rotatable bonds is 22. The number of aromatic hydroxyl groups is 2. The molecule has 0 fully saturated rings. The van der Waals surface area contributed by atoms with E-state index in [1.54, 1.807) is 0 Å². The Balaban J connectivity index is 0.00000392. The van der Waals surface area contributed by atoms with Gasteiger partial charge in [-0.05, 0) is 108 Å². The second-order valence-electron chi connectivity index (χ2n) is 20.1. The molecular formula is C52H26Cl2K8N14O26S8. The largest absolute Gasteiger partial charge is 1.00 e. The van der Waals surface area contributed by atoms with Gasteiger partial charge in [0.05, 0.1) is 73.4 Å². The number of anilines is 8. The molecule has 0 bridgehead atoms. The summed E-state index contributed by atoms with van der Waals surface area (Å²) in [5.41, 5.74) is -4.40. The van der Waals surface area contributed by atoms with Crippen molar-refractivity contribution in [2.45, 2.75) is 39.2 Å².